The standard InChI is InChI=1S/C26H24FN3O3/c1-29(26(32)20-11-6-12-21(27)14-20)17-25(31)30-24(18-8-4-3-5-9-18)16-23(28-30)19-10-7-13-22(15-19)33-2/h3-15,24H,16-17H2,1-2H3/t24-/m1/s1. The van der Waals surface area contributed by atoms with Gasteiger partial charge in [0.15, 0.2) is 0 Å². The van der Waals surface area contributed by atoms with Crippen molar-refractivity contribution in [2.45, 2.75) is 12.5 Å². The Hall–Kier alpha value is -4.00. The van der Waals surface area contributed by atoms with E-state index in [4.69, 9.17) is 4.74 Å². The van der Waals surface area contributed by atoms with Crippen molar-refractivity contribution in [2.24, 2.45) is 5.10 Å². The van der Waals surface area contributed by atoms with Gasteiger partial charge in [-0.15, -0.1) is 0 Å². The normalized spacial score (nSPS) is 15.2. The van der Waals surface area contributed by atoms with Gasteiger partial charge in [-0.25, -0.2) is 9.40 Å². The molecular weight excluding hydrogens is 421 g/mol. The van der Waals surface area contributed by atoms with Crippen molar-refractivity contribution in [3.8, 4) is 5.75 Å². The van der Waals surface area contributed by atoms with Crippen LogP contribution in [0.15, 0.2) is 84.0 Å². The molecule has 0 bridgehead atoms. The van der Waals surface area contributed by atoms with E-state index in [2.05, 4.69) is 5.10 Å². The molecule has 1 atom stereocenters. The Morgan fingerprint density at radius 2 is 1.82 bits per heavy atom. The van der Waals surface area contributed by atoms with Gasteiger partial charge in [0.2, 0.25) is 0 Å². The number of carbonyl (C=O) groups excluding carboxylic acids is 2. The minimum absolute atomic E-state index is 0.187. The Kier molecular flexibility index (Phi) is 6.49. The Labute approximate surface area is 191 Å². The second-order valence-corrected chi connectivity index (χ2v) is 7.82. The topological polar surface area (TPSA) is 62.2 Å². The zero-order chi connectivity index (χ0) is 23.4. The Balaban J connectivity index is 1.59. The molecule has 1 heterocycles. The van der Waals surface area contributed by atoms with E-state index < -0.39 is 11.7 Å². The van der Waals surface area contributed by atoms with Crippen LogP contribution in [-0.4, -0.2) is 48.1 Å². The average Bonchev–Trinajstić information content (AvgIpc) is 3.30. The summed E-state index contributed by atoms with van der Waals surface area (Å²) in [6.45, 7) is -0.187. The van der Waals surface area contributed by atoms with Crippen LogP contribution in [0.25, 0.3) is 0 Å². The lowest BCUT2D eigenvalue weighted by atomic mass is 9.98. The summed E-state index contributed by atoms with van der Waals surface area (Å²) < 4.78 is 18.8. The molecule has 0 aliphatic carbocycles. The molecule has 0 aromatic heterocycles. The third-order valence-electron chi connectivity index (χ3n) is 5.54. The second-order valence-electron chi connectivity index (χ2n) is 7.82. The van der Waals surface area contributed by atoms with Crippen molar-refractivity contribution in [3.05, 3.63) is 101 Å². The summed E-state index contributed by atoms with van der Waals surface area (Å²) in [7, 11) is 3.12. The predicted octanol–water partition coefficient (Wildman–Crippen LogP) is 4.28. The molecule has 168 valence electrons. The number of nitrogens with zero attached hydrogens (tertiary/aromatic N) is 3. The fourth-order valence-electron chi connectivity index (χ4n) is 3.84. The molecule has 4 rings (SSSR count). The summed E-state index contributed by atoms with van der Waals surface area (Å²) >= 11 is 0. The number of carbonyl (C=O) groups is 2. The maximum absolute atomic E-state index is 13.5. The van der Waals surface area contributed by atoms with Gasteiger partial charge in [0.25, 0.3) is 11.8 Å². The maximum Gasteiger partial charge on any atom is 0.262 e. The van der Waals surface area contributed by atoms with E-state index >= 15 is 0 Å². The van der Waals surface area contributed by atoms with Crippen molar-refractivity contribution in [3.63, 3.8) is 0 Å². The first-order valence-corrected chi connectivity index (χ1v) is 10.6. The monoisotopic (exact) mass is 445 g/mol. The molecule has 0 unspecified atom stereocenters. The minimum atomic E-state index is -0.503. The van der Waals surface area contributed by atoms with Crippen molar-refractivity contribution >= 4 is 17.5 Å². The number of benzene rings is 3. The molecule has 0 saturated carbocycles. The van der Waals surface area contributed by atoms with Crippen molar-refractivity contribution in [2.75, 3.05) is 20.7 Å². The summed E-state index contributed by atoms with van der Waals surface area (Å²) in [6.07, 6.45) is 0.532. The number of rotatable bonds is 6. The Bertz CT molecular complexity index is 1200. The van der Waals surface area contributed by atoms with Crippen molar-refractivity contribution in [1.82, 2.24) is 9.91 Å². The molecule has 1 aliphatic rings. The summed E-state index contributed by atoms with van der Waals surface area (Å²) in [5.41, 5.74) is 2.77. The van der Waals surface area contributed by atoms with Gasteiger partial charge >= 0.3 is 0 Å². The van der Waals surface area contributed by atoms with Crippen LogP contribution in [0.2, 0.25) is 0 Å². The lowest BCUT2D eigenvalue weighted by Gasteiger charge is -2.25. The molecule has 0 saturated heterocycles. The second kappa shape index (κ2) is 9.65. The van der Waals surface area contributed by atoms with E-state index in [0.29, 0.717) is 12.2 Å². The predicted molar refractivity (Wildman–Crippen MR) is 124 cm³/mol. The number of methoxy groups -OCH3 is 1. The van der Waals surface area contributed by atoms with E-state index in [1.807, 2.05) is 54.6 Å². The Morgan fingerprint density at radius 1 is 1.06 bits per heavy atom. The first kappa shape index (κ1) is 22.2. The minimum Gasteiger partial charge on any atom is -0.497 e. The van der Waals surface area contributed by atoms with Gasteiger partial charge in [-0.05, 0) is 35.9 Å². The zero-order valence-electron chi connectivity index (χ0n) is 18.4. The molecule has 2 amide bonds. The van der Waals surface area contributed by atoms with Crippen LogP contribution < -0.4 is 4.74 Å². The van der Waals surface area contributed by atoms with Crippen LogP contribution in [0.5, 0.6) is 5.75 Å². The molecule has 0 N–H and O–H groups in total. The van der Waals surface area contributed by atoms with Gasteiger partial charge in [0.05, 0.1) is 18.9 Å². The summed E-state index contributed by atoms with van der Waals surface area (Å²) in [5, 5.41) is 6.08. The van der Waals surface area contributed by atoms with Crippen LogP contribution in [0.4, 0.5) is 4.39 Å². The molecule has 6 nitrogen and oxygen atoms in total. The maximum atomic E-state index is 13.5. The fraction of sp³-hybridized carbons (Fsp3) is 0.192. The van der Waals surface area contributed by atoms with Gasteiger partial charge < -0.3 is 9.64 Å². The van der Waals surface area contributed by atoms with Crippen LogP contribution in [0, 0.1) is 5.82 Å². The number of hydrogen-bond acceptors (Lipinski definition) is 4. The van der Waals surface area contributed by atoms with E-state index in [-0.39, 0.29) is 24.1 Å². The number of hydrogen-bond donors (Lipinski definition) is 0. The quantitative estimate of drug-likeness (QED) is 0.569. The van der Waals surface area contributed by atoms with E-state index in [1.165, 1.54) is 35.2 Å². The summed E-state index contributed by atoms with van der Waals surface area (Å²) in [5.74, 6) is -0.558. The molecule has 0 fully saturated rings. The van der Waals surface area contributed by atoms with Gasteiger partial charge in [-0.3, -0.25) is 9.59 Å². The number of amides is 2. The molecule has 0 radical (unpaired) electrons. The number of hydrazone groups is 1. The molecule has 3 aromatic rings. The number of halogens is 1. The van der Waals surface area contributed by atoms with Crippen LogP contribution in [0.1, 0.15) is 33.9 Å². The largest absolute Gasteiger partial charge is 0.497 e. The molecule has 0 spiro atoms. The third-order valence-corrected chi connectivity index (χ3v) is 5.54. The van der Waals surface area contributed by atoms with Crippen LogP contribution in [0.3, 0.4) is 0 Å². The summed E-state index contributed by atoms with van der Waals surface area (Å²) in [6, 6.07) is 22.3. The van der Waals surface area contributed by atoms with E-state index in [1.54, 1.807) is 7.11 Å². The zero-order valence-corrected chi connectivity index (χ0v) is 18.4. The van der Waals surface area contributed by atoms with Gasteiger partial charge in [0, 0.05) is 24.6 Å². The van der Waals surface area contributed by atoms with Crippen molar-refractivity contribution in [1.29, 1.82) is 0 Å². The van der Waals surface area contributed by atoms with E-state index in [0.717, 1.165) is 22.9 Å². The fourth-order valence-corrected chi connectivity index (χ4v) is 3.84. The highest BCUT2D eigenvalue weighted by molar-refractivity contribution is 6.04. The molecule has 3 aromatic carbocycles. The SMILES string of the molecule is COc1cccc(C2=NN(C(=O)CN(C)C(=O)c3cccc(F)c3)[C@@H](c3ccccc3)C2)c1. The first-order chi connectivity index (χ1) is 16.0. The van der Waals surface area contributed by atoms with Crippen LogP contribution in [-0.2, 0) is 4.79 Å². The Morgan fingerprint density at radius 3 is 2.55 bits per heavy atom. The van der Waals surface area contributed by atoms with Gasteiger partial charge in [-0.1, -0.05) is 48.5 Å². The van der Waals surface area contributed by atoms with Crippen LogP contribution >= 0.6 is 0 Å². The van der Waals surface area contributed by atoms with Gasteiger partial charge in [-0.2, -0.15) is 5.10 Å². The lowest BCUT2D eigenvalue weighted by molar-refractivity contribution is -0.133. The molecule has 33 heavy (non-hydrogen) atoms. The van der Waals surface area contributed by atoms with E-state index in [9.17, 15) is 14.0 Å². The first-order valence-electron chi connectivity index (χ1n) is 10.6. The highest BCUT2D eigenvalue weighted by Crippen LogP contribution is 2.33. The van der Waals surface area contributed by atoms with Crippen molar-refractivity contribution < 1.29 is 18.7 Å². The smallest absolute Gasteiger partial charge is 0.262 e. The lowest BCUT2D eigenvalue weighted by Crippen LogP contribution is -2.39. The molecular formula is C26H24FN3O3. The van der Waals surface area contributed by atoms with Gasteiger partial charge in [0.1, 0.15) is 18.1 Å². The molecule has 1 aliphatic heterocycles. The highest BCUT2D eigenvalue weighted by atomic mass is 19.1. The number of likely N-dealkylation sites (N-methyl/N-ethyl adjacent to an activating group) is 1. The highest BCUT2D eigenvalue weighted by Gasteiger charge is 2.34. The summed E-state index contributed by atoms with van der Waals surface area (Å²) in [4.78, 5) is 27.2. The average molecular weight is 445 g/mol. The molecule has 7 heteroatoms. The third kappa shape index (κ3) is 4.92. The number of ether oxygens (including phenoxy) is 1.